The van der Waals surface area contributed by atoms with E-state index in [4.69, 9.17) is 9.47 Å². The van der Waals surface area contributed by atoms with Crippen LogP contribution in [0.25, 0.3) is 10.9 Å². The van der Waals surface area contributed by atoms with Crippen LogP contribution in [0.3, 0.4) is 0 Å². The van der Waals surface area contributed by atoms with E-state index in [2.05, 4.69) is 15.5 Å². The number of amides is 2. The monoisotopic (exact) mass is 456 g/mol. The molecule has 1 atom stereocenters. The van der Waals surface area contributed by atoms with Gasteiger partial charge in [-0.1, -0.05) is 0 Å². The number of hydrogen-bond acceptors (Lipinski definition) is 6. The molecule has 2 amide bonds. The van der Waals surface area contributed by atoms with Crippen LogP contribution in [-0.2, 0) is 26.8 Å². The van der Waals surface area contributed by atoms with Crippen molar-refractivity contribution in [3.05, 3.63) is 29.5 Å². The molecule has 1 aromatic heterocycles. The summed E-state index contributed by atoms with van der Waals surface area (Å²) < 4.78 is 13.0. The fourth-order valence-electron chi connectivity index (χ4n) is 5.83. The predicted molar refractivity (Wildman–Crippen MR) is 122 cm³/mol. The number of aliphatic hydroxyl groups is 1. The van der Waals surface area contributed by atoms with Gasteiger partial charge >= 0.3 is 0 Å². The fourth-order valence-corrected chi connectivity index (χ4v) is 5.83. The van der Waals surface area contributed by atoms with Crippen molar-refractivity contribution in [1.29, 1.82) is 0 Å². The third-order valence-electron chi connectivity index (χ3n) is 7.54. The zero-order chi connectivity index (χ0) is 23.3. The van der Waals surface area contributed by atoms with Crippen LogP contribution in [0.1, 0.15) is 24.2 Å². The van der Waals surface area contributed by atoms with Crippen LogP contribution < -0.4 is 4.74 Å². The average Bonchev–Trinajstić information content (AvgIpc) is 3.09. The Hall–Kier alpha value is -2.62. The van der Waals surface area contributed by atoms with E-state index in [9.17, 15) is 14.7 Å². The zero-order valence-electron chi connectivity index (χ0n) is 19.5. The van der Waals surface area contributed by atoms with Gasteiger partial charge in [0, 0.05) is 63.8 Å². The number of fused-ring (bicyclic) bond motifs is 4. The standard InChI is InChI=1S/C24H32N4O5/c1-16(30)27-13-24(14-27)15-28(21(31)11-26-6-8-33-9-7-26)20(12-29)23-22(24)18-5-4-17(32-3)10-19(18)25(23)2/h4-5,10,20,29H,6-9,11-15H2,1-3H3/t20-/m0/s1. The number of carbonyl (C=O) groups is 2. The average molecular weight is 457 g/mol. The number of aryl methyl sites for hydroxylation is 1. The lowest BCUT2D eigenvalue weighted by Gasteiger charge is -2.56. The van der Waals surface area contributed by atoms with Crippen molar-refractivity contribution < 1.29 is 24.2 Å². The number of aliphatic hydroxyl groups excluding tert-OH is 1. The van der Waals surface area contributed by atoms with E-state index >= 15 is 0 Å². The molecular weight excluding hydrogens is 424 g/mol. The zero-order valence-corrected chi connectivity index (χ0v) is 19.5. The first-order chi connectivity index (χ1) is 15.9. The minimum Gasteiger partial charge on any atom is -0.497 e. The molecule has 1 N–H and O–H groups in total. The van der Waals surface area contributed by atoms with Crippen molar-refractivity contribution in [1.82, 2.24) is 19.3 Å². The number of carbonyl (C=O) groups excluding carboxylic acids is 2. The Balaban J connectivity index is 1.59. The van der Waals surface area contributed by atoms with Gasteiger partial charge in [0.25, 0.3) is 0 Å². The van der Waals surface area contributed by atoms with E-state index in [1.165, 1.54) is 0 Å². The van der Waals surface area contributed by atoms with Gasteiger partial charge in [-0.05, 0) is 17.7 Å². The lowest BCUT2D eigenvalue weighted by molar-refractivity contribution is -0.145. The van der Waals surface area contributed by atoms with E-state index in [0.717, 1.165) is 41.0 Å². The molecule has 0 radical (unpaired) electrons. The Kier molecular flexibility index (Phi) is 5.58. The van der Waals surface area contributed by atoms with Crippen LogP contribution in [-0.4, -0.2) is 102 Å². The van der Waals surface area contributed by atoms with Crippen molar-refractivity contribution in [2.75, 3.05) is 66.2 Å². The molecule has 4 heterocycles. The molecule has 1 spiro atoms. The van der Waals surface area contributed by atoms with Crippen LogP contribution in [0.4, 0.5) is 0 Å². The molecule has 2 aromatic rings. The highest BCUT2D eigenvalue weighted by Gasteiger charge is 2.55. The van der Waals surface area contributed by atoms with E-state index in [-0.39, 0.29) is 23.8 Å². The van der Waals surface area contributed by atoms with Gasteiger partial charge in [0.05, 0.1) is 50.4 Å². The third kappa shape index (κ3) is 3.50. The first-order valence-corrected chi connectivity index (χ1v) is 11.5. The Labute approximate surface area is 193 Å². The largest absolute Gasteiger partial charge is 0.497 e. The van der Waals surface area contributed by atoms with Gasteiger partial charge in [-0.3, -0.25) is 14.5 Å². The summed E-state index contributed by atoms with van der Waals surface area (Å²) in [6.07, 6.45) is 0. The lowest BCUT2D eigenvalue weighted by Crippen LogP contribution is -2.68. The molecule has 0 unspecified atom stereocenters. The molecule has 0 aliphatic carbocycles. The van der Waals surface area contributed by atoms with Crippen LogP contribution in [0.15, 0.2) is 18.2 Å². The first-order valence-electron chi connectivity index (χ1n) is 11.5. The smallest absolute Gasteiger partial charge is 0.237 e. The summed E-state index contributed by atoms with van der Waals surface area (Å²) in [5.74, 6) is 0.805. The van der Waals surface area contributed by atoms with Gasteiger partial charge in [-0.2, -0.15) is 0 Å². The molecular formula is C24H32N4O5. The number of ether oxygens (including phenoxy) is 2. The quantitative estimate of drug-likeness (QED) is 0.721. The van der Waals surface area contributed by atoms with Crippen LogP contribution in [0.5, 0.6) is 5.75 Å². The van der Waals surface area contributed by atoms with E-state index in [1.807, 2.05) is 29.0 Å². The van der Waals surface area contributed by atoms with Gasteiger partial charge < -0.3 is 28.9 Å². The molecule has 2 fully saturated rings. The third-order valence-corrected chi connectivity index (χ3v) is 7.54. The second-order valence-electron chi connectivity index (χ2n) is 9.47. The Bertz CT molecular complexity index is 1080. The Morgan fingerprint density at radius 1 is 1.21 bits per heavy atom. The van der Waals surface area contributed by atoms with Crippen LogP contribution >= 0.6 is 0 Å². The number of hydrogen-bond donors (Lipinski definition) is 1. The van der Waals surface area contributed by atoms with Crippen molar-refractivity contribution >= 4 is 22.7 Å². The summed E-state index contributed by atoms with van der Waals surface area (Å²) in [6, 6.07) is 5.57. The topological polar surface area (TPSA) is 87.5 Å². The molecule has 1 aromatic carbocycles. The summed E-state index contributed by atoms with van der Waals surface area (Å²) in [5, 5.41) is 11.6. The van der Waals surface area contributed by atoms with Gasteiger partial charge in [0.1, 0.15) is 5.75 Å². The second kappa shape index (κ2) is 8.30. The normalized spacial score (nSPS) is 22.4. The van der Waals surface area contributed by atoms with Crippen LogP contribution in [0, 0.1) is 0 Å². The maximum absolute atomic E-state index is 13.5. The number of morpholine rings is 1. The highest BCUT2D eigenvalue weighted by Crippen LogP contribution is 2.49. The number of aromatic nitrogens is 1. The van der Waals surface area contributed by atoms with E-state index in [1.54, 1.807) is 14.0 Å². The van der Waals surface area contributed by atoms with Gasteiger partial charge in [-0.25, -0.2) is 0 Å². The minimum absolute atomic E-state index is 0.00471. The van der Waals surface area contributed by atoms with Crippen molar-refractivity contribution in [2.24, 2.45) is 7.05 Å². The van der Waals surface area contributed by atoms with Gasteiger partial charge in [0.2, 0.25) is 11.8 Å². The molecule has 3 aliphatic rings. The molecule has 2 saturated heterocycles. The Morgan fingerprint density at radius 2 is 1.94 bits per heavy atom. The van der Waals surface area contributed by atoms with Crippen molar-refractivity contribution in [3.8, 4) is 5.75 Å². The molecule has 9 heteroatoms. The molecule has 0 saturated carbocycles. The number of rotatable bonds is 4. The predicted octanol–water partition coefficient (Wildman–Crippen LogP) is 0.495. The number of likely N-dealkylation sites (tertiary alicyclic amines) is 1. The maximum Gasteiger partial charge on any atom is 0.237 e. The summed E-state index contributed by atoms with van der Waals surface area (Å²) in [4.78, 5) is 31.4. The van der Waals surface area contributed by atoms with Crippen molar-refractivity contribution in [3.63, 3.8) is 0 Å². The summed E-state index contributed by atoms with van der Waals surface area (Å²) in [7, 11) is 3.62. The number of methoxy groups -OCH3 is 1. The molecule has 178 valence electrons. The summed E-state index contributed by atoms with van der Waals surface area (Å²) >= 11 is 0. The SMILES string of the molecule is COc1ccc2c3c(n(C)c2c1)[C@H](CO)N(C(=O)CN1CCOCC1)CC31CN(C(C)=O)C1. The highest BCUT2D eigenvalue weighted by molar-refractivity contribution is 5.90. The van der Waals surface area contributed by atoms with Gasteiger partial charge in [-0.15, -0.1) is 0 Å². The number of benzene rings is 1. The van der Waals surface area contributed by atoms with Crippen LogP contribution in [0.2, 0.25) is 0 Å². The van der Waals surface area contributed by atoms with Crippen molar-refractivity contribution in [2.45, 2.75) is 18.4 Å². The summed E-state index contributed by atoms with van der Waals surface area (Å²) in [6.45, 7) is 6.07. The second-order valence-corrected chi connectivity index (χ2v) is 9.47. The molecule has 33 heavy (non-hydrogen) atoms. The summed E-state index contributed by atoms with van der Waals surface area (Å²) in [5.41, 5.74) is 2.75. The fraction of sp³-hybridized carbons (Fsp3) is 0.583. The van der Waals surface area contributed by atoms with E-state index < -0.39 is 6.04 Å². The molecule has 3 aliphatic heterocycles. The Morgan fingerprint density at radius 3 is 2.58 bits per heavy atom. The minimum atomic E-state index is -0.436. The molecule has 0 bridgehead atoms. The first kappa shape index (κ1) is 22.2. The van der Waals surface area contributed by atoms with E-state index in [0.29, 0.717) is 39.4 Å². The molecule has 9 nitrogen and oxygen atoms in total. The lowest BCUT2D eigenvalue weighted by atomic mass is 9.68. The number of nitrogens with zero attached hydrogens (tertiary/aromatic N) is 4. The molecule has 5 rings (SSSR count). The van der Waals surface area contributed by atoms with Gasteiger partial charge in [0.15, 0.2) is 0 Å². The maximum atomic E-state index is 13.5. The highest BCUT2D eigenvalue weighted by atomic mass is 16.5.